The summed E-state index contributed by atoms with van der Waals surface area (Å²) in [5, 5.41) is 2.72. The van der Waals surface area contributed by atoms with Crippen molar-refractivity contribution < 1.29 is 4.79 Å². The molecular formula is C17H15N3O2. The molecular weight excluding hydrogens is 278 g/mol. The third kappa shape index (κ3) is 2.48. The Balaban J connectivity index is 2.04. The number of carbonyl (C=O) groups is 1. The lowest BCUT2D eigenvalue weighted by molar-refractivity contribution is 0.102. The topological polar surface area (TPSA) is 64.0 Å². The van der Waals surface area contributed by atoms with E-state index in [4.69, 9.17) is 0 Å². The monoisotopic (exact) mass is 293 g/mol. The van der Waals surface area contributed by atoms with Crippen LogP contribution >= 0.6 is 0 Å². The second-order valence-corrected chi connectivity index (χ2v) is 5.14. The van der Waals surface area contributed by atoms with E-state index in [1.165, 1.54) is 4.57 Å². The van der Waals surface area contributed by atoms with E-state index in [-0.39, 0.29) is 5.69 Å². The fraction of sp³-hybridized carbons (Fsp3) is 0.118. The number of rotatable bonds is 2. The number of nitrogens with zero attached hydrogens (tertiary/aromatic N) is 2. The molecule has 1 N–H and O–H groups in total. The second kappa shape index (κ2) is 5.44. The predicted molar refractivity (Wildman–Crippen MR) is 86.1 cm³/mol. The Labute approximate surface area is 127 Å². The van der Waals surface area contributed by atoms with Crippen molar-refractivity contribution in [3.8, 4) is 0 Å². The number of para-hydroxylation sites is 2. The van der Waals surface area contributed by atoms with Crippen molar-refractivity contribution in [1.82, 2.24) is 9.55 Å². The maximum Gasteiger partial charge on any atom is 0.282 e. The van der Waals surface area contributed by atoms with Crippen LogP contribution in [0.2, 0.25) is 0 Å². The standard InChI is InChI=1S/C17H15N3O2/c1-11-6-5-7-12(10-11)18-16(21)15-17(22)20(2)14-9-4-3-8-13(14)19-15/h3-10H,1-2H3,(H,18,21). The molecule has 1 heterocycles. The van der Waals surface area contributed by atoms with Crippen molar-refractivity contribution in [2.24, 2.45) is 7.05 Å². The minimum atomic E-state index is -0.503. The number of hydrogen-bond acceptors (Lipinski definition) is 3. The fourth-order valence-electron chi connectivity index (χ4n) is 2.34. The Bertz CT molecular complexity index is 929. The van der Waals surface area contributed by atoms with E-state index in [9.17, 15) is 9.59 Å². The van der Waals surface area contributed by atoms with E-state index in [1.54, 1.807) is 25.2 Å². The zero-order valence-electron chi connectivity index (χ0n) is 12.3. The average molecular weight is 293 g/mol. The van der Waals surface area contributed by atoms with Crippen LogP contribution in [0.1, 0.15) is 16.1 Å². The lowest BCUT2D eigenvalue weighted by atomic mass is 10.2. The molecule has 22 heavy (non-hydrogen) atoms. The van der Waals surface area contributed by atoms with Crippen LogP contribution < -0.4 is 10.9 Å². The number of amides is 1. The molecule has 5 heteroatoms. The average Bonchev–Trinajstić information content (AvgIpc) is 2.51. The first-order chi connectivity index (χ1) is 10.6. The van der Waals surface area contributed by atoms with Gasteiger partial charge in [0.15, 0.2) is 5.69 Å². The number of anilines is 1. The number of nitrogens with one attached hydrogen (secondary N) is 1. The Morgan fingerprint density at radius 1 is 1.14 bits per heavy atom. The quantitative estimate of drug-likeness (QED) is 0.789. The Hall–Kier alpha value is -2.95. The van der Waals surface area contributed by atoms with Gasteiger partial charge < -0.3 is 9.88 Å². The molecule has 0 aliphatic heterocycles. The molecule has 0 aliphatic rings. The predicted octanol–water partition coefficient (Wildman–Crippen LogP) is 2.49. The van der Waals surface area contributed by atoms with Crippen LogP contribution in [0, 0.1) is 6.92 Å². The Kier molecular flexibility index (Phi) is 3.47. The normalized spacial score (nSPS) is 10.6. The number of benzene rings is 2. The molecule has 0 saturated carbocycles. The molecule has 0 aliphatic carbocycles. The first-order valence-corrected chi connectivity index (χ1v) is 6.90. The van der Waals surface area contributed by atoms with Gasteiger partial charge in [0.1, 0.15) is 0 Å². The lowest BCUT2D eigenvalue weighted by Crippen LogP contribution is -2.29. The van der Waals surface area contributed by atoms with Crippen LogP contribution in [0.25, 0.3) is 11.0 Å². The Morgan fingerprint density at radius 3 is 2.68 bits per heavy atom. The number of aryl methyl sites for hydroxylation is 2. The van der Waals surface area contributed by atoms with Crippen molar-refractivity contribution >= 4 is 22.6 Å². The number of fused-ring (bicyclic) bond motifs is 1. The highest BCUT2D eigenvalue weighted by Crippen LogP contribution is 2.12. The molecule has 0 bridgehead atoms. The molecule has 1 amide bonds. The van der Waals surface area contributed by atoms with E-state index in [2.05, 4.69) is 10.3 Å². The number of aromatic nitrogens is 2. The third-order valence-electron chi connectivity index (χ3n) is 3.47. The number of carbonyl (C=O) groups excluding carboxylic acids is 1. The van der Waals surface area contributed by atoms with E-state index >= 15 is 0 Å². The van der Waals surface area contributed by atoms with Gasteiger partial charge in [-0.2, -0.15) is 0 Å². The molecule has 1 aromatic heterocycles. The first kappa shape index (κ1) is 14.0. The van der Waals surface area contributed by atoms with Gasteiger partial charge in [-0.15, -0.1) is 0 Å². The van der Waals surface area contributed by atoms with Crippen molar-refractivity contribution in [2.45, 2.75) is 6.92 Å². The van der Waals surface area contributed by atoms with Crippen molar-refractivity contribution in [3.63, 3.8) is 0 Å². The number of hydrogen-bond donors (Lipinski definition) is 1. The molecule has 3 rings (SSSR count). The van der Waals surface area contributed by atoms with Crippen molar-refractivity contribution in [2.75, 3.05) is 5.32 Å². The van der Waals surface area contributed by atoms with Gasteiger partial charge in [-0.05, 0) is 36.8 Å². The van der Waals surface area contributed by atoms with Crippen molar-refractivity contribution in [1.29, 1.82) is 0 Å². The van der Waals surface area contributed by atoms with Gasteiger partial charge in [0.2, 0.25) is 0 Å². The van der Waals surface area contributed by atoms with Crippen LogP contribution in [0.4, 0.5) is 5.69 Å². The van der Waals surface area contributed by atoms with E-state index in [0.717, 1.165) is 5.56 Å². The van der Waals surface area contributed by atoms with Crippen LogP contribution in [0.15, 0.2) is 53.3 Å². The summed E-state index contributed by atoms with van der Waals surface area (Å²) >= 11 is 0. The molecule has 0 spiro atoms. The molecule has 0 atom stereocenters. The molecule has 5 nitrogen and oxygen atoms in total. The minimum Gasteiger partial charge on any atom is -0.320 e. The van der Waals surface area contributed by atoms with Crippen LogP contribution in [-0.4, -0.2) is 15.5 Å². The van der Waals surface area contributed by atoms with Crippen LogP contribution in [0.5, 0.6) is 0 Å². The molecule has 0 saturated heterocycles. The lowest BCUT2D eigenvalue weighted by Gasteiger charge is -2.08. The largest absolute Gasteiger partial charge is 0.320 e. The van der Waals surface area contributed by atoms with Crippen LogP contribution in [-0.2, 0) is 7.05 Å². The van der Waals surface area contributed by atoms with Gasteiger partial charge in [-0.1, -0.05) is 24.3 Å². The highest BCUT2D eigenvalue weighted by atomic mass is 16.2. The van der Waals surface area contributed by atoms with Gasteiger partial charge >= 0.3 is 0 Å². The second-order valence-electron chi connectivity index (χ2n) is 5.14. The molecule has 0 radical (unpaired) electrons. The maximum atomic E-state index is 12.4. The van der Waals surface area contributed by atoms with Crippen molar-refractivity contribution in [3.05, 3.63) is 70.1 Å². The summed E-state index contributed by atoms with van der Waals surface area (Å²) in [5.41, 5.74) is 2.45. The highest BCUT2D eigenvalue weighted by Gasteiger charge is 2.16. The highest BCUT2D eigenvalue weighted by molar-refractivity contribution is 6.03. The van der Waals surface area contributed by atoms with Gasteiger partial charge in [-0.3, -0.25) is 9.59 Å². The summed E-state index contributed by atoms with van der Waals surface area (Å²) in [4.78, 5) is 28.9. The first-order valence-electron chi connectivity index (χ1n) is 6.90. The van der Waals surface area contributed by atoms with Crippen LogP contribution in [0.3, 0.4) is 0 Å². The summed E-state index contributed by atoms with van der Waals surface area (Å²) in [6, 6.07) is 14.6. The fourth-order valence-corrected chi connectivity index (χ4v) is 2.34. The van der Waals surface area contributed by atoms with Gasteiger partial charge in [0, 0.05) is 12.7 Å². The summed E-state index contributed by atoms with van der Waals surface area (Å²) in [5.74, 6) is -0.503. The molecule has 0 fully saturated rings. The summed E-state index contributed by atoms with van der Waals surface area (Å²) in [6.07, 6.45) is 0. The molecule has 2 aromatic carbocycles. The molecule has 3 aromatic rings. The summed E-state index contributed by atoms with van der Waals surface area (Å²) in [6.45, 7) is 1.93. The van der Waals surface area contributed by atoms with E-state index in [1.807, 2.05) is 37.3 Å². The minimum absolute atomic E-state index is 0.109. The summed E-state index contributed by atoms with van der Waals surface area (Å²) in [7, 11) is 1.63. The van der Waals surface area contributed by atoms with Gasteiger partial charge in [0.25, 0.3) is 11.5 Å². The molecule has 110 valence electrons. The third-order valence-corrected chi connectivity index (χ3v) is 3.47. The van der Waals surface area contributed by atoms with E-state index in [0.29, 0.717) is 16.7 Å². The maximum absolute atomic E-state index is 12.4. The Morgan fingerprint density at radius 2 is 1.91 bits per heavy atom. The van der Waals surface area contributed by atoms with Gasteiger partial charge in [0.05, 0.1) is 11.0 Å². The van der Waals surface area contributed by atoms with E-state index < -0.39 is 11.5 Å². The summed E-state index contributed by atoms with van der Waals surface area (Å²) < 4.78 is 1.44. The zero-order valence-corrected chi connectivity index (χ0v) is 12.3. The van der Waals surface area contributed by atoms with Gasteiger partial charge in [-0.25, -0.2) is 4.98 Å². The zero-order chi connectivity index (χ0) is 15.7. The molecule has 0 unspecified atom stereocenters. The smallest absolute Gasteiger partial charge is 0.282 e. The SMILES string of the molecule is Cc1cccc(NC(=O)c2nc3ccccc3n(C)c2=O)c1.